The summed E-state index contributed by atoms with van der Waals surface area (Å²) >= 11 is 13.3. The van der Waals surface area contributed by atoms with E-state index < -0.39 is 0 Å². The number of hydroxylamine groups is 2. The Balaban J connectivity index is 1.15. The third-order valence-electron chi connectivity index (χ3n) is 8.15. The molecule has 0 spiro atoms. The van der Waals surface area contributed by atoms with Crippen LogP contribution in [0, 0.1) is 5.92 Å². The van der Waals surface area contributed by atoms with Crippen molar-refractivity contribution >= 4 is 28.9 Å². The number of hydrazine groups is 1. The maximum atomic E-state index is 10.7. The van der Waals surface area contributed by atoms with Gasteiger partial charge in [0.25, 0.3) is 0 Å². The van der Waals surface area contributed by atoms with E-state index in [2.05, 4.69) is 46.4 Å². The third kappa shape index (κ3) is 5.77. The van der Waals surface area contributed by atoms with Crippen molar-refractivity contribution in [1.29, 1.82) is 0 Å². The lowest BCUT2D eigenvalue weighted by atomic mass is 9.96. The van der Waals surface area contributed by atoms with Crippen molar-refractivity contribution in [3.63, 3.8) is 0 Å². The second-order valence-corrected chi connectivity index (χ2v) is 11.8. The molecule has 1 aliphatic heterocycles. The third-order valence-corrected chi connectivity index (χ3v) is 8.81. The Hall–Kier alpha value is -3.23. The molecule has 9 heteroatoms. The molecule has 0 aromatic heterocycles. The molecule has 0 saturated heterocycles. The Morgan fingerprint density at radius 3 is 2.54 bits per heavy atom. The molecule has 3 aromatic carbocycles. The van der Waals surface area contributed by atoms with Crippen molar-refractivity contribution in [2.75, 3.05) is 20.7 Å². The van der Waals surface area contributed by atoms with E-state index in [1.54, 1.807) is 30.3 Å². The van der Waals surface area contributed by atoms with Gasteiger partial charge in [-0.3, -0.25) is 0 Å². The molecule has 2 aliphatic carbocycles. The van der Waals surface area contributed by atoms with Crippen LogP contribution in [0.5, 0.6) is 11.5 Å². The lowest BCUT2D eigenvalue weighted by Gasteiger charge is -2.23. The van der Waals surface area contributed by atoms with Crippen LogP contribution in [0.4, 0.5) is 0 Å². The van der Waals surface area contributed by atoms with E-state index in [-0.39, 0.29) is 11.8 Å². The molecule has 41 heavy (non-hydrogen) atoms. The van der Waals surface area contributed by atoms with Gasteiger partial charge < -0.3 is 14.7 Å². The van der Waals surface area contributed by atoms with Crippen molar-refractivity contribution in [3.05, 3.63) is 104 Å². The minimum atomic E-state index is -0.331. The number of likely N-dealkylation sites (N-methyl/N-ethyl adjacent to an activating group) is 1. The summed E-state index contributed by atoms with van der Waals surface area (Å²) in [5, 5.41) is 17.9. The number of hydrogen-bond donors (Lipinski definition) is 3. The second-order valence-electron chi connectivity index (χ2n) is 11.0. The standard InChI is InChI=1S/C32H34Cl2N4O3/c1-18(36-37-35-2)19-7-9-20(10-8-19)24-16-25(24)23-14-13-22(15-28(23)34)40-17-26-31(30-27(33)5-4-6-29(30)39)38(3)41-32(26)21-11-12-21/h4-10,13-15,21,24-25,31,35,37,39H,11-12,16-17H2,1-3H3/b36-18+. The number of hydrazone groups is 1. The van der Waals surface area contributed by atoms with Gasteiger partial charge in [0, 0.05) is 41.2 Å². The van der Waals surface area contributed by atoms with Crippen LogP contribution in [0.3, 0.4) is 0 Å². The largest absolute Gasteiger partial charge is 0.508 e. The molecular formula is C32H34Cl2N4O3. The van der Waals surface area contributed by atoms with Crippen LogP contribution in [0.25, 0.3) is 0 Å². The zero-order chi connectivity index (χ0) is 28.7. The van der Waals surface area contributed by atoms with Gasteiger partial charge in [0.1, 0.15) is 29.9 Å². The number of nitrogens with zero attached hydrogens (tertiary/aromatic N) is 2. The summed E-state index contributed by atoms with van der Waals surface area (Å²) < 4.78 is 6.29. The summed E-state index contributed by atoms with van der Waals surface area (Å²) in [4.78, 5) is 6.16. The number of rotatable bonds is 10. The van der Waals surface area contributed by atoms with Gasteiger partial charge in [0.05, 0.1) is 5.71 Å². The van der Waals surface area contributed by atoms with Gasteiger partial charge in [-0.15, -0.1) is 5.06 Å². The van der Waals surface area contributed by atoms with Crippen LogP contribution < -0.4 is 15.7 Å². The monoisotopic (exact) mass is 592 g/mol. The molecule has 2 fully saturated rings. The molecule has 3 unspecified atom stereocenters. The molecule has 3 N–H and O–H groups in total. The van der Waals surface area contributed by atoms with Crippen molar-refractivity contribution in [1.82, 2.24) is 16.0 Å². The average molecular weight is 594 g/mol. The molecule has 2 saturated carbocycles. The van der Waals surface area contributed by atoms with Gasteiger partial charge in [0.2, 0.25) is 0 Å². The van der Waals surface area contributed by atoms with E-state index in [0.717, 1.165) is 47.4 Å². The predicted octanol–water partition coefficient (Wildman–Crippen LogP) is 7.08. The molecule has 3 aliphatic rings. The molecule has 1 heterocycles. The Bertz CT molecular complexity index is 1480. The van der Waals surface area contributed by atoms with Crippen LogP contribution in [0.2, 0.25) is 10.0 Å². The van der Waals surface area contributed by atoms with E-state index in [1.165, 1.54) is 5.56 Å². The van der Waals surface area contributed by atoms with E-state index in [1.807, 2.05) is 26.1 Å². The lowest BCUT2D eigenvalue weighted by Crippen LogP contribution is -2.22. The SMILES string of the molecule is CNN/N=C(\C)c1ccc(C2CC2c2ccc(OCC3=C(C4CC4)ON(C)C3c3c(O)cccc3Cl)cc2Cl)cc1. The minimum Gasteiger partial charge on any atom is -0.508 e. The maximum Gasteiger partial charge on any atom is 0.132 e. The summed E-state index contributed by atoms with van der Waals surface area (Å²) in [7, 11) is 3.65. The average Bonchev–Trinajstić information content (AvgIpc) is 3.89. The number of phenols is 1. The van der Waals surface area contributed by atoms with Crippen molar-refractivity contribution in [3.8, 4) is 11.5 Å². The van der Waals surface area contributed by atoms with E-state index in [0.29, 0.717) is 45.7 Å². The molecule has 6 rings (SSSR count). The molecule has 0 amide bonds. The van der Waals surface area contributed by atoms with Gasteiger partial charge in [-0.25, -0.2) is 11.0 Å². The van der Waals surface area contributed by atoms with Gasteiger partial charge in [-0.05, 0) is 79.0 Å². The van der Waals surface area contributed by atoms with Crippen LogP contribution >= 0.6 is 23.2 Å². The van der Waals surface area contributed by atoms with E-state index in [9.17, 15) is 5.11 Å². The topological polar surface area (TPSA) is 78.4 Å². The number of halogens is 2. The molecule has 0 radical (unpaired) electrons. The van der Waals surface area contributed by atoms with Crippen LogP contribution in [-0.2, 0) is 4.84 Å². The first-order chi connectivity index (χ1) is 19.9. The zero-order valence-electron chi connectivity index (χ0n) is 23.3. The number of benzene rings is 3. The number of phenolic OH excluding ortho intramolecular Hbond substituents is 1. The fourth-order valence-electron chi connectivity index (χ4n) is 5.75. The zero-order valence-corrected chi connectivity index (χ0v) is 24.8. The highest BCUT2D eigenvalue weighted by molar-refractivity contribution is 6.32. The molecule has 3 atom stereocenters. The van der Waals surface area contributed by atoms with Crippen molar-refractivity contribution in [2.45, 2.75) is 44.1 Å². The lowest BCUT2D eigenvalue weighted by molar-refractivity contribution is -0.100. The molecule has 7 nitrogen and oxygen atoms in total. The van der Waals surface area contributed by atoms with Crippen LogP contribution in [0.15, 0.2) is 77.1 Å². The first-order valence-corrected chi connectivity index (χ1v) is 14.7. The van der Waals surface area contributed by atoms with Crippen molar-refractivity contribution < 1.29 is 14.7 Å². The number of aromatic hydroxyl groups is 1. The summed E-state index contributed by atoms with van der Waals surface area (Å²) in [5.74, 6) is 2.97. The Morgan fingerprint density at radius 1 is 1.07 bits per heavy atom. The first-order valence-electron chi connectivity index (χ1n) is 14.0. The highest BCUT2D eigenvalue weighted by Crippen LogP contribution is 2.56. The fraction of sp³-hybridized carbons (Fsp3) is 0.344. The van der Waals surface area contributed by atoms with Crippen LogP contribution in [0.1, 0.15) is 66.3 Å². The number of allylic oxidation sites excluding steroid dienone is 1. The van der Waals surface area contributed by atoms with Gasteiger partial charge in [0.15, 0.2) is 0 Å². The summed E-state index contributed by atoms with van der Waals surface area (Å²) in [6.45, 7) is 2.29. The highest BCUT2D eigenvalue weighted by atomic mass is 35.5. The fourth-order valence-corrected chi connectivity index (χ4v) is 6.33. The summed E-state index contributed by atoms with van der Waals surface area (Å²) in [5.41, 5.74) is 11.6. The summed E-state index contributed by atoms with van der Waals surface area (Å²) in [6.07, 6.45) is 3.23. The van der Waals surface area contributed by atoms with Gasteiger partial charge >= 0.3 is 0 Å². The highest BCUT2D eigenvalue weighted by Gasteiger charge is 2.43. The minimum absolute atomic E-state index is 0.141. The maximum absolute atomic E-state index is 10.7. The second kappa shape index (κ2) is 11.6. The van der Waals surface area contributed by atoms with E-state index >= 15 is 0 Å². The van der Waals surface area contributed by atoms with Gasteiger partial charge in [-0.2, -0.15) is 5.10 Å². The Labute approximate surface area is 250 Å². The normalized spacial score (nSPS) is 22.6. The summed E-state index contributed by atoms with van der Waals surface area (Å²) in [6, 6.07) is 19.4. The Kier molecular flexibility index (Phi) is 7.88. The van der Waals surface area contributed by atoms with E-state index in [4.69, 9.17) is 32.8 Å². The quantitative estimate of drug-likeness (QED) is 0.172. The van der Waals surface area contributed by atoms with Crippen LogP contribution in [-0.4, -0.2) is 36.6 Å². The smallest absolute Gasteiger partial charge is 0.132 e. The molecule has 214 valence electrons. The Morgan fingerprint density at radius 2 is 1.85 bits per heavy atom. The van der Waals surface area contributed by atoms with Crippen molar-refractivity contribution in [2.24, 2.45) is 11.0 Å². The van der Waals surface area contributed by atoms with Gasteiger partial charge in [-0.1, -0.05) is 59.6 Å². The number of ether oxygens (including phenoxy) is 1. The predicted molar refractivity (Wildman–Crippen MR) is 162 cm³/mol. The molecular weight excluding hydrogens is 559 g/mol. The number of hydrogen-bond acceptors (Lipinski definition) is 7. The molecule has 3 aromatic rings. The first kappa shape index (κ1) is 27.9. The number of nitrogens with one attached hydrogen (secondary N) is 2. The molecule has 0 bridgehead atoms.